The molecule has 3 heteroatoms. The van der Waals surface area contributed by atoms with E-state index in [0.717, 1.165) is 0 Å². The Hall–Kier alpha value is -1.80. The number of hydrogen-bond donors (Lipinski definition) is 0. The zero-order chi connectivity index (χ0) is 24.9. The van der Waals surface area contributed by atoms with Gasteiger partial charge in [0.1, 0.15) is 0 Å². The smallest absolute Gasteiger partial charge is 0.297 e. The van der Waals surface area contributed by atoms with Crippen molar-refractivity contribution in [2.75, 3.05) is 0 Å². The molecule has 0 aromatic heterocycles. The molecule has 178 valence electrons. The molecular formula is C32H38Si2Zr. The first-order chi connectivity index (χ1) is 16.2. The molecular weight excluding hydrogens is 532 g/mol. The first-order valence-corrected chi connectivity index (χ1v) is 18.9. The van der Waals surface area contributed by atoms with Gasteiger partial charge in [-0.2, -0.15) is 11.1 Å². The van der Waals surface area contributed by atoms with Crippen LogP contribution in [-0.4, -0.2) is 16.1 Å². The van der Waals surface area contributed by atoms with Gasteiger partial charge in [-0.05, 0) is 16.1 Å². The third-order valence-electron chi connectivity index (χ3n) is 4.49. The first kappa shape index (κ1) is 31.2. The largest absolute Gasteiger partial charge is 2.00 e. The van der Waals surface area contributed by atoms with Gasteiger partial charge in [0.05, 0.1) is 0 Å². The third-order valence-corrected chi connectivity index (χ3v) is 6.49. The summed E-state index contributed by atoms with van der Waals surface area (Å²) >= 11 is 0. The normalized spacial score (nSPS) is 14.6. The Kier molecular flexibility index (Phi) is 14.3. The van der Waals surface area contributed by atoms with Gasteiger partial charge < -0.3 is 0 Å². The molecule has 2 aliphatic rings. The van der Waals surface area contributed by atoms with E-state index in [2.05, 4.69) is 111 Å². The Bertz CT molecular complexity index is 935. The molecule has 0 unspecified atom stereocenters. The molecule has 0 spiro atoms. The van der Waals surface area contributed by atoms with Crippen molar-refractivity contribution in [2.24, 2.45) is 0 Å². The van der Waals surface area contributed by atoms with E-state index < -0.39 is 16.1 Å². The van der Waals surface area contributed by atoms with Gasteiger partial charge >= 0.3 is 26.2 Å². The molecule has 4 rings (SSSR count). The molecule has 2 aliphatic carbocycles. The molecule has 2 radical (unpaired) electrons. The second-order valence-corrected chi connectivity index (χ2v) is 19.7. The predicted octanol–water partition coefficient (Wildman–Crippen LogP) is 9.15. The molecule has 35 heavy (non-hydrogen) atoms. The van der Waals surface area contributed by atoms with Gasteiger partial charge in [0, 0.05) is 12.8 Å². The van der Waals surface area contributed by atoms with Crippen molar-refractivity contribution in [1.29, 1.82) is 0 Å². The van der Waals surface area contributed by atoms with Gasteiger partial charge in [-0.1, -0.05) is 124 Å². The Morgan fingerprint density at radius 1 is 0.457 bits per heavy atom. The minimum absolute atomic E-state index is 0. The van der Waals surface area contributed by atoms with Gasteiger partial charge in [-0.3, -0.25) is 22.5 Å². The fourth-order valence-electron chi connectivity index (χ4n) is 3.16. The number of benzene rings is 2. The molecule has 0 fully saturated rings. The second kappa shape index (κ2) is 16.0. The van der Waals surface area contributed by atoms with Crippen LogP contribution < -0.4 is 0 Å². The summed E-state index contributed by atoms with van der Waals surface area (Å²) < 4.78 is 0. The van der Waals surface area contributed by atoms with Crippen molar-refractivity contribution in [3.63, 3.8) is 0 Å². The Labute approximate surface area is 236 Å². The number of hydrogen-bond acceptors (Lipinski definition) is 0. The quantitative estimate of drug-likeness (QED) is 0.191. The van der Waals surface area contributed by atoms with Crippen LogP contribution in [-0.2, 0) is 26.2 Å². The monoisotopic (exact) mass is 568 g/mol. The van der Waals surface area contributed by atoms with Gasteiger partial charge in [-0.15, -0.1) is 24.3 Å². The van der Waals surface area contributed by atoms with E-state index in [1.807, 2.05) is 61.4 Å². The molecule has 0 atom stereocenters. The molecule has 2 aromatic carbocycles. The van der Waals surface area contributed by atoms with Gasteiger partial charge in [-0.25, -0.2) is 0 Å². The van der Waals surface area contributed by atoms with Crippen LogP contribution in [0.25, 0.3) is 11.1 Å². The summed E-state index contributed by atoms with van der Waals surface area (Å²) in [5.41, 5.74) is 12.7. The maximum atomic E-state index is 3.87. The molecule has 0 saturated heterocycles. The third kappa shape index (κ3) is 13.8. The first-order valence-electron chi connectivity index (χ1n) is 11.9. The van der Waals surface area contributed by atoms with Crippen LogP contribution in [0.2, 0.25) is 39.3 Å². The topological polar surface area (TPSA) is 0 Å². The fourth-order valence-corrected chi connectivity index (χ4v) is 5.20. The van der Waals surface area contributed by atoms with Crippen molar-refractivity contribution in [2.45, 2.75) is 39.3 Å². The molecule has 0 amide bonds. The fraction of sp³-hybridized carbons (Fsp3) is 0.188. The molecule has 0 N–H and O–H groups in total. The van der Waals surface area contributed by atoms with Crippen molar-refractivity contribution >= 4 is 27.3 Å². The van der Waals surface area contributed by atoms with Crippen LogP contribution >= 0.6 is 0 Å². The molecule has 2 aromatic rings. The zero-order valence-corrected chi connectivity index (χ0v) is 26.5. The van der Waals surface area contributed by atoms with E-state index >= 15 is 0 Å². The molecule has 0 nitrogen and oxygen atoms in total. The predicted molar refractivity (Wildman–Crippen MR) is 158 cm³/mol. The van der Waals surface area contributed by atoms with Crippen molar-refractivity contribution < 1.29 is 26.2 Å². The van der Waals surface area contributed by atoms with Crippen LogP contribution in [0, 0.1) is 24.2 Å². The standard InChI is InChI=1S/C22H28Si2.2C5H5.Zr/c1-23(2,3)17-21(19-13-9-7-10-14-19)22(18-24(4,5)6)20-15-11-8-12-16-20;2*1-2-4-5-3-1;/h7-16H,1-6H3;2*1-5H;/q-2;;;+2. The average Bonchev–Trinajstić information content (AvgIpc) is 3.55. The van der Waals surface area contributed by atoms with Crippen molar-refractivity contribution in [3.8, 4) is 0 Å². The summed E-state index contributed by atoms with van der Waals surface area (Å²) in [6.45, 7) is 14.0. The van der Waals surface area contributed by atoms with Gasteiger partial charge in [0.25, 0.3) is 0 Å². The minimum atomic E-state index is -1.51. The van der Waals surface area contributed by atoms with Gasteiger partial charge in [0.15, 0.2) is 0 Å². The van der Waals surface area contributed by atoms with E-state index in [1.54, 1.807) is 0 Å². The summed E-state index contributed by atoms with van der Waals surface area (Å²) in [6, 6.07) is 21.4. The molecule has 0 saturated carbocycles. The average molecular weight is 570 g/mol. The number of rotatable bonds is 5. The van der Waals surface area contributed by atoms with E-state index in [-0.39, 0.29) is 26.2 Å². The Morgan fingerprint density at radius 3 is 0.943 bits per heavy atom. The maximum Gasteiger partial charge on any atom is 2.00 e. The summed E-state index contributed by atoms with van der Waals surface area (Å²) in [7, 11) is -3.01. The molecule has 0 aliphatic heterocycles. The summed E-state index contributed by atoms with van der Waals surface area (Å²) in [4.78, 5) is 0. The summed E-state index contributed by atoms with van der Waals surface area (Å²) in [5, 5.41) is 0. The van der Waals surface area contributed by atoms with E-state index in [9.17, 15) is 0 Å². The van der Waals surface area contributed by atoms with Crippen LogP contribution in [0.15, 0.2) is 109 Å². The number of allylic oxidation sites excluding steroid dienone is 10. The van der Waals surface area contributed by atoms with E-state index in [1.165, 1.54) is 22.3 Å². The minimum Gasteiger partial charge on any atom is -0.297 e. The summed E-state index contributed by atoms with van der Waals surface area (Å²) in [6.07, 6.45) is 20.0. The zero-order valence-electron chi connectivity index (χ0n) is 22.0. The van der Waals surface area contributed by atoms with E-state index in [4.69, 9.17) is 0 Å². The maximum absolute atomic E-state index is 3.87. The second-order valence-electron chi connectivity index (χ2n) is 10.2. The Balaban J connectivity index is 0.000000456. The SMILES string of the molecule is C[Si](C)(C)[C-]=C(C(=[C-][Si](C)(C)C)c1ccccc1)c1ccccc1.[CH]1C=CC=C1.[CH]1C=CC=C1.[Zr+2]. The molecule has 0 heterocycles. The Morgan fingerprint density at radius 2 is 0.743 bits per heavy atom. The van der Waals surface area contributed by atoms with Gasteiger partial charge in [0.2, 0.25) is 0 Å². The van der Waals surface area contributed by atoms with Crippen LogP contribution in [0.1, 0.15) is 11.1 Å². The van der Waals surface area contributed by atoms with Crippen molar-refractivity contribution in [1.82, 2.24) is 0 Å². The van der Waals surface area contributed by atoms with E-state index in [0.29, 0.717) is 0 Å². The molecule has 0 bridgehead atoms. The van der Waals surface area contributed by atoms with Crippen LogP contribution in [0.3, 0.4) is 0 Å². The van der Waals surface area contributed by atoms with Crippen LogP contribution in [0.5, 0.6) is 0 Å². The summed E-state index contributed by atoms with van der Waals surface area (Å²) in [5.74, 6) is 0. The van der Waals surface area contributed by atoms with Crippen molar-refractivity contribution in [3.05, 3.63) is 145 Å². The van der Waals surface area contributed by atoms with Crippen LogP contribution in [0.4, 0.5) is 0 Å².